The molecular weight excluding hydrogens is 264 g/mol. The standard InChI is InChI=1S/C14H13ClN2O2/c1-2-6-16-14(19)9-17-7-5-13(18)11-8-10(15)3-4-12(11)17/h2-5,7-8H,1,6,9H2,(H,16,19). The summed E-state index contributed by atoms with van der Waals surface area (Å²) < 4.78 is 1.71. The maximum Gasteiger partial charge on any atom is 0.240 e. The second-order valence-corrected chi connectivity index (χ2v) is 4.50. The zero-order valence-electron chi connectivity index (χ0n) is 10.2. The van der Waals surface area contributed by atoms with Gasteiger partial charge < -0.3 is 9.88 Å². The number of benzene rings is 1. The fourth-order valence-corrected chi connectivity index (χ4v) is 1.99. The van der Waals surface area contributed by atoms with E-state index in [9.17, 15) is 9.59 Å². The minimum atomic E-state index is -0.139. The van der Waals surface area contributed by atoms with Gasteiger partial charge in [0.1, 0.15) is 6.54 Å². The molecule has 98 valence electrons. The van der Waals surface area contributed by atoms with Crippen LogP contribution in [-0.2, 0) is 11.3 Å². The summed E-state index contributed by atoms with van der Waals surface area (Å²) in [6.45, 7) is 4.10. The maximum absolute atomic E-state index is 11.8. The molecule has 2 aromatic rings. The van der Waals surface area contributed by atoms with Crippen molar-refractivity contribution in [3.8, 4) is 0 Å². The molecule has 1 N–H and O–H groups in total. The summed E-state index contributed by atoms with van der Waals surface area (Å²) in [5.41, 5.74) is 0.575. The molecule has 0 radical (unpaired) electrons. The van der Waals surface area contributed by atoms with Crippen LogP contribution in [-0.4, -0.2) is 17.0 Å². The van der Waals surface area contributed by atoms with Crippen LogP contribution in [0.5, 0.6) is 0 Å². The predicted molar refractivity (Wildman–Crippen MR) is 76.4 cm³/mol. The molecule has 0 saturated heterocycles. The Bertz CT molecular complexity index is 691. The molecule has 0 saturated carbocycles. The van der Waals surface area contributed by atoms with E-state index in [1.54, 1.807) is 35.0 Å². The number of fused-ring (bicyclic) bond motifs is 1. The lowest BCUT2D eigenvalue weighted by molar-refractivity contribution is -0.121. The summed E-state index contributed by atoms with van der Waals surface area (Å²) in [7, 11) is 0. The van der Waals surface area contributed by atoms with Gasteiger partial charge in [-0.05, 0) is 18.2 Å². The minimum Gasteiger partial charge on any atom is -0.351 e. The first-order chi connectivity index (χ1) is 9.11. The first-order valence-corrected chi connectivity index (χ1v) is 6.16. The highest BCUT2D eigenvalue weighted by molar-refractivity contribution is 6.31. The molecule has 0 aliphatic heterocycles. The molecule has 1 aromatic heterocycles. The lowest BCUT2D eigenvalue weighted by Gasteiger charge is -2.10. The third kappa shape index (κ3) is 3.03. The van der Waals surface area contributed by atoms with Crippen LogP contribution in [0.1, 0.15) is 0 Å². The monoisotopic (exact) mass is 276 g/mol. The van der Waals surface area contributed by atoms with Crippen molar-refractivity contribution < 1.29 is 4.79 Å². The molecule has 1 heterocycles. The lowest BCUT2D eigenvalue weighted by atomic mass is 10.2. The van der Waals surface area contributed by atoms with Gasteiger partial charge >= 0.3 is 0 Å². The van der Waals surface area contributed by atoms with E-state index in [1.165, 1.54) is 6.07 Å². The van der Waals surface area contributed by atoms with Gasteiger partial charge in [0, 0.05) is 29.2 Å². The SMILES string of the molecule is C=CCNC(=O)Cn1ccc(=O)c2cc(Cl)ccc21. The predicted octanol–water partition coefficient (Wildman–Crippen LogP) is 1.96. The summed E-state index contributed by atoms with van der Waals surface area (Å²) in [5, 5.41) is 3.69. The van der Waals surface area contributed by atoms with Crippen molar-refractivity contribution in [3.05, 3.63) is 58.4 Å². The number of carbonyl (C=O) groups is 1. The van der Waals surface area contributed by atoms with E-state index in [0.29, 0.717) is 22.5 Å². The highest BCUT2D eigenvalue weighted by Gasteiger charge is 2.06. The molecule has 1 amide bonds. The van der Waals surface area contributed by atoms with Crippen LogP contribution in [0.3, 0.4) is 0 Å². The van der Waals surface area contributed by atoms with Crippen LogP contribution in [0.25, 0.3) is 10.9 Å². The molecule has 19 heavy (non-hydrogen) atoms. The average Bonchev–Trinajstić information content (AvgIpc) is 2.40. The van der Waals surface area contributed by atoms with E-state index in [2.05, 4.69) is 11.9 Å². The summed E-state index contributed by atoms with van der Waals surface area (Å²) in [5.74, 6) is -0.139. The van der Waals surface area contributed by atoms with Crippen molar-refractivity contribution in [2.24, 2.45) is 0 Å². The molecule has 0 atom stereocenters. The Balaban J connectivity index is 2.39. The normalized spacial score (nSPS) is 10.4. The summed E-state index contributed by atoms with van der Waals surface area (Å²) >= 11 is 5.88. The van der Waals surface area contributed by atoms with E-state index in [-0.39, 0.29) is 17.9 Å². The van der Waals surface area contributed by atoms with Crippen LogP contribution in [0, 0.1) is 0 Å². The number of nitrogens with zero attached hydrogens (tertiary/aromatic N) is 1. The Kier molecular flexibility index (Phi) is 4.02. The fourth-order valence-electron chi connectivity index (χ4n) is 1.82. The van der Waals surface area contributed by atoms with Gasteiger partial charge in [-0.2, -0.15) is 0 Å². The maximum atomic E-state index is 11.8. The van der Waals surface area contributed by atoms with Gasteiger partial charge in [0.15, 0.2) is 5.43 Å². The van der Waals surface area contributed by atoms with Crippen molar-refractivity contribution in [1.29, 1.82) is 0 Å². The highest BCUT2D eigenvalue weighted by atomic mass is 35.5. The molecule has 0 aliphatic carbocycles. The number of halogens is 1. The van der Waals surface area contributed by atoms with Crippen LogP contribution in [0.2, 0.25) is 5.02 Å². The van der Waals surface area contributed by atoms with Crippen LogP contribution >= 0.6 is 11.6 Å². The number of carbonyl (C=O) groups excluding carboxylic acids is 1. The van der Waals surface area contributed by atoms with E-state index in [4.69, 9.17) is 11.6 Å². The Morgan fingerprint density at radius 2 is 2.21 bits per heavy atom. The Labute approximate surface area is 115 Å². The second-order valence-electron chi connectivity index (χ2n) is 4.06. The first-order valence-electron chi connectivity index (χ1n) is 5.78. The quantitative estimate of drug-likeness (QED) is 0.868. The van der Waals surface area contributed by atoms with Gasteiger partial charge in [-0.1, -0.05) is 17.7 Å². The zero-order valence-corrected chi connectivity index (χ0v) is 11.0. The van der Waals surface area contributed by atoms with Crippen molar-refractivity contribution in [2.75, 3.05) is 6.54 Å². The lowest BCUT2D eigenvalue weighted by Crippen LogP contribution is -2.28. The zero-order chi connectivity index (χ0) is 13.8. The average molecular weight is 277 g/mol. The van der Waals surface area contributed by atoms with Crippen LogP contribution < -0.4 is 10.7 Å². The van der Waals surface area contributed by atoms with Gasteiger partial charge in [-0.15, -0.1) is 6.58 Å². The third-order valence-electron chi connectivity index (χ3n) is 2.70. The molecule has 0 aliphatic rings. The molecule has 0 spiro atoms. The molecular formula is C14H13ClN2O2. The number of aromatic nitrogens is 1. The Morgan fingerprint density at radius 3 is 2.95 bits per heavy atom. The van der Waals surface area contributed by atoms with Crippen molar-refractivity contribution in [3.63, 3.8) is 0 Å². The van der Waals surface area contributed by atoms with E-state index < -0.39 is 0 Å². The largest absolute Gasteiger partial charge is 0.351 e. The van der Waals surface area contributed by atoms with Crippen molar-refractivity contribution in [1.82, 2.24) is 9.88 Å². The van der Waals surface area contributed by atoms with Gasteiger partial charge in [-0.25, -0.2) is 0 Å². The van der Waals surface area contributed by atoms with Crippen LogP contribution in [0.15, 0.2) is 47.9 Å². The molecule has 2 rings (SSSR count). The second kappa shape index (κ2) is 5.71. The number of nitrogens with one attached hydrogen (secondary N) is 1. The molecule has 0 unspecified atom stereocenters. The van der Waals surface area contributed by atoms with E-state index >= 15 is 0 Å². The van der Waals surface area contributed by atoms with E-state index in [0.717, 1.165) is 0 Å². The highest BCUT2D eigenvalue weighted by Crippen LogP contribution is 2.16. The Morgan fingerprint density at radius 1 is 1.42 bits per heavy atom. The first kappa shape index (κ1) is 13.4. The summed E-state index contributed by atoms with van der Waals surface area (Å²) in [6.07, 6.45) is 3.22. The molecule has 0 fully saturated rings. The van der Waals surface area contributed by atoms with Gasteiger partial charge in [-0.3, -0.25) is 9.59 Å². The van der Waals surface area contributed by atoms with Gasteiger partial charge in [0.05, 0.1) is 5.52 Å². The minimum absolute atomic E-state index is 0.111. The smallest absolute Gasteiger partial charge is 0.240 e. The Hall–Kier alpha value is -2.07. The summed E-state index contributed by atoms with van der Waals surface area (Å²) in [4.78, 5) is 23.4. The van der Waals surface area contributed by atoms with Crippen LogP contribution in [0.4, 0.5) is 0 Å². The third-order valence-corrected chi connectivity index (χ3v) is 2.93. The number of amides is 1. The molecule has 1 aromatic carbocycles. The van der Waals surface area contributed by atoms with Crippen molar-refractivity contribution >= 4 is 28.4 Å². The molecule has 5 heteroatoms. The number of hydrogen-bond donors (Lipinski definition) is 1. The van der Waals surface area contributed by atoms with Crippen molar-refractivity contribution in [2.45, 2.75) is 6.54 Å². The topological polar surface area (TPSA) is 51.1 Å². The number of hydrogen-bond acceptors (Lipinski definition) is 2. The molecule has 0 bridgehead atoms. The van der Waals surface area contributed by atoms with E-state index in [1.807, 2.05) is 0 Å². The molecule has 4 nitrogen and oxygen atoms in total. The number of pyridine rings is 1. The summed E-state index contributed by atoms with van der Waals surface area (Å²) in [6, 6.07) is 6.47. The fraction of sp³-hybridized carbons (Fsp3) is 0.143. The van der Waals surface area contributed by atoms with Gasteiger partial charge in [0.25, 0.3) is 0 Å². The van der Waals surface area contributed by atoms with Gasteiger partial charge in [0.2, 0.25) is 5.91 Å². The number of rotatable bonds is 4.